The molecule has 0 aliphatic carbocycles. The summed E-state index contributed by atoms with van der Waals surface area (Å²) in [6.45, 7) is 20.7. The van der Waals surface area contributed by atoms with Gasteiger partial charge in [0.25, 0.3) is 0 Å². The van der Waals surface area contributed by atoms with Gasteiger partial charge >= 0.3 is 5.97 Å². The summed E-state index contributed by atoms with van der Waals surface area (Å²) in [6.07, 6.45) is 0.722. The van der Waals surface area contributed by atoms with Crippen LogP contribution in [0.15, 0.2) is 0 Å². The maximum absolute atomic E-state index is 10.3. The number of hydrogen-bond acceptors (Lipinski definition) is 4. The van der Waals surface area contributed by atoms with Crippen LogP contribution in [0.5, 0.6) is 0 Å². The summed E-state index contributed by atoms with van der Waals surface area (Å²) < 4.78 is 1.08. The van der Waals surface area contributed by atoms with Crippen molar-refractivity contribution in [1.29, 1.82) is 0 Å². The molecule has 0 aromatic carbocycles. The maximum atomic E-state index is 10.3. The zero-order valence-corrected chi connectivity index (χ0v) is 23.7. The molecule has 6 nitrogen and oxygen atoms in total. The highest BCUT2D eigenvalue weighted by Gasteiger charge is 2.14. The predicted octanol–water partition coefficient (Wildman–Crippen LogP) is 4.68. The summed E-state index contributed by atoms with van der Waals surface area (Å²) in [6, 6.07) is -0.713. The number of aliphatic carboxylic acids is 1. The van der Waals surface area contributed by atoms with Crippen molar-refractivity contribution >= 4 is 11.8 Å². The first-order valence-electron chi connectivity index (χ1n) is 11.2. The van der Waals surface area contributed by atoms with Crippen LogP contribution < -0.4 is 5.73 Å². The molecule has 1 unspecified atom stereocenters. The van der Waals surface area contributed by atoms with Crippen LogP contribution in [0.2, 0.25) is 0 Å². The topological polar surface area (TPSA) is 83.6 Å². The summed E-state index contributed by atoms with van der Waals surface area (Å²) in [7, 11) is 10.9. The average Bonchev–Trinajstić information content (AvgIpc) is 2.42. The molecular weight excluding hydrogens is 390 g/mol. The van der Waals surface area contributed by atoms with Gasteiger partial charge in [0.05, 0.1) is 27.7 Å². The van der Waals surface area contributed by atoms with Crippen LogP contribution in [0.4, 0.5) is 0 Å². The molecular formula is C25H59N3O3. The van der Waals surface area contributed by atoms with E-state index in [1.54, 1.807) is 20.8 Å². The van der Waals surface area contributed by atoms with Crippen LogP contribution in [0.25, 0.3) is 0 Å². The van der Waals surface area contributed by atoms with Crippen LogP contribution in [0.1, 0.15) is 68.7 Å². The Morgan fingerprint density at radius 3 is 1.26 bits per heavy atom. The minimum Gasteiger partial charge on any atom is -0.480 e. The molecule has 0 fully saturated rings. The molecule has 0 saturated carbocycles. The number of rotatable bonds is 8. The lowest BCUT2D eigenvalue weighted by molar-refractivity contribution is -0.873. The van der Waals surface area contributed by atoms with Crippen molar-refractivity contribution in [2.45, 2.75) is 74.8 Å². The highest BCUT2D eigenvalue weighted by Crippen LogP contribution is 1.99. The highest BCUT2D eigenvalue weighted by atomic mass is 16.4. The van der Waals surface area contributed by atoms with Crippen molar-refractivity contribution in [1.82, 2.24) is 4.90 Å². The SMILES string of the molecule is CC(=O)CC(C)C.CC(C)C(N)C(=O)O.CC(C)CN(C)C.CC(C)C[N+](C)(C)C.[CH3-]. The molecule has 1 atom stereocenters. The molecule has 0 aliphatic heterocycles. The smallest absolute Gasteiger partial charge is 0.320 e. The van der Waals surface area contributed by atoms with Gasteiger partial charge in [-0.1, -0.05) is 55.4 Å². The van der Waals surface area contributed by atoms with Crippen molar-refractivity contribution < 1.29 is 19.2 Å². The number of hydrogen-bond donors (Lipinski definition) is 2. The fourth-order valence-electron chi connectivity index (χ4n) is 2.69. The van der Waals surface area contributed by atoms with Crippen molar-refractivity contribution in [3.8, 4) is 0 Å². The molecule has 0 aromatic rings. The summed E-state index contributed by atoms with van der Waals surface area (Å²) in [5.74, 6) is 1.52. The Morgan fingerprint density at radius 1 is 0.871 bits per heavy atom. The van der Waals surface area contributed by atoms with E-state index in [0.29, 0.717) is 5.92 Å². The maximum Gasteiger partial charge on any atom is 0.320 e. The number of carboxylic acids is 1. The van der Waals surface area contributed by atoms with Gasteiger partial charge in [0.2, 0.25) is 0 Å². The van der Waals surface area contributed by atoms with Crippen molar-refractivity contribution in [2.24, 2.45) is 29.4 Å². The molecule has 0 spiro atoms. The van der Waals surface area contributed by atoms with E-state index < -0.39 is 12.0 Å². The van der Waals surface area contributed by atoms with E-state index in [0.717, 1.165) is 22.7 Å². The second kappa shape index (κ2) is 22.2. The lowest BCUT2D eigenvalue weighted by Crippen LogP contribution is -2.37. The lowest BCUT2D eigenvalue weighted by atomic mass is 10.1. The summed E-state index contributed by atoms with van der Waals surface area (Å²) in [4.78, 5) is 22.5. The van der Waals surface area contributed by atoms with Gasteiger partial charge in [-0.25, -0.2) is 0 Å². The monoisotopic (exact) mass is 449 g/mol. The molecule has 0 aromatic heterocycles. The summed E-state index contributed by atoms with van der Waals surface area (Å²) in [5, 5.41) is 8.23. The van der Waals surface area contributed by atoms with Gasteiger partial charge < -0.3 is 32.4 Å². The molecule has 6 heteroatoms. The second-order valence-corrected chi connectivity index (χ2v) is 10.9. The van der Waals surface area contributed by atoms with E-state index in [-0.39, 0.29) is 19.1 Å². The molecule has 0 amide bonds. The van der Waals surface area contributed by atoms with E-state index in [2.05, 4.69) is 67.8 Å². The first kappa shape index (κ1) is 40.4. The highest BCUT2D eigenvalue weighted by molar-refractivity contribution is 5.75. The number of nitrogens with two attached hydrogens (primary N) is 1. The molecule has 0 heterocycles. The Morgan fingerprint density at radius 2 is 1.26 bits per heavy atom. The Kier molecular flexibility index (Phi) is 29.0. The molecule has 0 saturated heterocycles. The van der Waals surface area contributed by atoms with Crippen LogP contribution >= 0.6 is 0 Å². The Labute approximate surface area is 196 Å². The molecule has 0 aliphatic rings. The van der Waals surface area contributed by atoms with Crippen molar-refractivity contribution in [3.05, 3.63) is 7.43 Å². The molecule has 3 N–H and O–H groups in total. The zero-order chi connectivity index (χ0) is 25.2. The largest absolute Gasteiger partial charge is 0.480 e. The fourth-order valence-corrected chi connectivity index (χ4v) is 2.69. The van der Waals surface area contributed by atoms with Crippen molar-refractivity contribution in [3.63, 3.8) is 0 Å². The number of carboxylic acid groups (broad SMARTS) is 1. The van der Waals surface area contributed by atoms with E-state index >= 15 is 0 Å². The zero-order valence-electron chi connectivity index (χ0n) is 23.7. The third kappa shape index (κ3) is 52.9. The van der Waals surface area contributed by atoms with Gasteiger partial charge in [0.1, 0.15) is 11.8 Å². The molecule has 31 heavy (non-hydrogen) atoms. The van der Waals surface area contributed by atoms with E-state index in [1.807, 2.05) is 13.8 Å². The van der Waals surface area contributed by atoms with Gasteiger partial charge in [0.15, 0.2) is 0 Å². The van der Waals surface area contributed by atoms with Gasteiger partial charge in [-0.2, -0.15) is 0 Å². The Bertz CT molecular complexity index is 407. The number of carbonyl (C=O) groups excluding carboxylic acids is 1. The van der Waals surface area contributed by atoms with E-state index in [4.69, 9.17) is 10.8 Å². The van der Waals surface area contributed by atoms with Crippen LogP contribution in [0.3, 0.4) is 0 Å². The van der Waals surface area contributed by atoms with Crippen LogP contribution in [0, 0.1) is 31.1 Å². The lowest BCUT2D eigenvalue weighted by Gasteiger charge is -2.25. The van der Waals surface area contributed by atoms with Crippen molar-refractivity contribution in [2.75, 3.05) is 48.3 Å². The number of carbonyl (C=O) groups is 2. The van der Waals surface area contributed by atoms with Gasteiger partial charge in [-0.3, -0.25) is 4.79 Å². The van der Waals surface area contributed by atoms with Gasteiger partial charge in [-0.15, -0.1) is 0 Å². The van der Waals surface area contributed by atoms with Gasteiger partial charge in [-0.05, 0) is 45.3 Å². The molecule has 0 radical (unpaired) electrons. The predicted molar refractivity (Wildman–Crippen MR) is 138 cm³/mol. The number of Topliss-reactive ketones (excluding diaryl/α,β-unsaturated/α-hetero) is 1. The minimum atomic E-state index is -0.931. The van der Waals surface area contributed by atoms with Gasteiger partial charge in [0, 0.05) is 12.3 Å². The summed E-state index contributed by atoms with van der Waals surface area (Å²) in [5.41, 5.74) is 5.16. The molecule has 0 bridgehead atoms. The standard InChI is InChI=1S/C7H18N.C6H15N.C6H12O.C5H11NO2.CH3/c1-7(2)6-8(3,4)5;1-6(2)5-7(3)4;1-5(2)4-6(3)7;1-3(2)4(6)5(7)8;/h7H,6H2,1-5H3;6H,5H2,1-4H3;5H,4H2,1-3H3;3-4H,6H2,1-2H3,(H,7,8);1H3/q+1;;;;-1. The first-order chi connectivity index (χ1) is 13.2. The van der Waals surface area contributed by atoms with E-state index in [9.17, 15) is 9.59 Å². The number of nitrogens with zero attached hydrogens (tertiary/aromatic N) is 2. The normalized spacial score (nSPS) is 11.6. The van der Waals surface area contributed by atoms with Crippen LogP contribution in [-0.2, 0) is 9.59 Å². The third-order valence-electron chi connectivity index (χ3n) is 3.34. The Hall–Kier alpha value is -0.980. The number of quaternary nitrogens is 1. The summed E-state index contributed by atoms with van der Waals surface area (Å²) >= 11 is 0. The minimum absolute atomic E-state index is 0. The quantitative estimate of drug-likeness (QED) is 0.415. The number of ketones is 1. The molecule has 192 valence electrons. The van der Waals surface area contributed by atoms with E-state index in [1.165, 1.54) is 13.1 Å². The Balaban J connectivity index is -0.0000000961. The second-order valence-electron chi connectivity index (χ2n) is 10.9. The first-order valence-corrected chi connectivity index (χ1v) is 11.2. The third-order valence-corrected chi connectivity index (χ3v) is 3.34. The van der Waals surface area contributed by atoms with Crippen LogP contribution in [-0.4, -0.2) is 80.6 Å². The average molecular weight is 450 g/mol. The fraction of sp³-hybridized carbons (Fsp3) is 0.880. The molecule has 0 rings (SSSR count).